The predicted molar refractivity (Wildman–Crippen MR) is 84.9 cm³/mol. The van der Waals surface area contributed by atoms with Gasteiger partial charge in [-0.05, 0) is 58.2 Å². The minimum atomic E-state index is -0.161. The molecule has 0 saturated heterocycles. The fourth-order valence-corrected chi connectivity index (χ4v) is 2.39. The molecule has 1 rings (SSSR count). The third-order valence-corrected chi connectivity index (χ3v) is 3.98. The molecule has 0 aliphatic carbocycles. The van der Waals surface area contributed by atoms with Crippen LogP contribution in [0.15, 0.2) is 18.2 Å². The monoisotopic (exact) mass is 276 g/mol. The van der Waals surface area contributed by atoms with Crippen LogP contribution in [0.5, 0.6) is 0 Å². The second-order valence-corrected chi connectivity index (χ2v) is 5.46. The van der Waals surface area contributed by atoms with E-state index in [1.165, 1.54) is 16.7 Å². The summed E-state index contributed by atoms with van der Waals surface area (Å²) in [6, 6.07) is 6.48. The molecule has 0 spiro atoms. The number of aryl methyl sites for hydroxylation is 2. The van der Waals surface area contributed by atoms with Crippen molar-refractivity contribution in [1.29, 1.82) is 0 Å². The lowest BCUT2D eigenvalue weighted by Crippen LogP contribution is -2.45. The second-order valence-electron chi connectivity index (χ2n) is 5.46. The number of nitrogens with one attached hydrogen (secondary N) is 1. The molecule has 3 heteroatoms. The Bertz CT molecular complexity index is 452. The summed E-state index contributed by atoms with van der Waals surface area (Å²) >= 11 is 0. The number of hydrogen-bond acceptors (Lipinski definition) is 2. The summed E-state index contributed by atoms with van der Waals surface area (Å²) in [5, 5.41) is 3.40. The van der Waals surface area contributed by atoms with Crippen molar-refractivity contribution in [2.45, 2.75) is 53.6 Å². The summed E-state index contributed by atoms with van der Waals surface area (Å²) in [7, 11) is 0. The van der Waals surface area contributed by atoms with E-state index in [1.54, 1.807) is 0 Å². The van der Waals surface area contributed by atoms with Gasteiger partial charge in [-0.1, -0.05) is 18.2 Å². The SMILES string of the molecule is CCN(CC)C(=O)C(C)NC(C)c1ccc(C)c(C)c1. The van der Waals surface area contributed by atoms with E-state index in [1.807, 2.05) is 25.7 Å². The first-order chi connectivity index (χ1) is 9.40. The van der Waals surface area contributed by atoms with E-state index in [0.717, 1.165) is 13.1 Å². The van der Waals surface area contributed by atoms with Crippen LogP contribution < -0.4 is 5.32 Å². The molecule has 3 nitrogen and oxygen atoms in total. The van der Waals surface area contributed by atoms with Gasteiger partial charge in [0.05, 0.1) is 6.04 Å². The third-order valence-electron chi connectivity index (χ3n) is 3.98. The second kappa shape index (κ2) is 7.44. The van der Waals surface area contributed by atoms with Crippen molar-refractivity contribution < 1.29 is 4.79 Å². The Morgan fingerprint density at radius 3 is 2.25 bits per heavy atom. The van der Waals surface area contributed by atoms with E-state index >= 15 is 0 Å². The Kier molecular flexibility index (Phi) is 6.21. The lowest BCUT2D eigenvalue weighted by atomic mass is 10.0. The van der Waals surface area contributed by atoms with Gasteiger partial charge in [0.1, 0.15) is 0 Å². The Morgan fingerprint density at radius 1 is 1.15 bits per heavy atom. The molecule has 0 aromatic heterocycles. The van der Waals surface area contributed by atoms with Gasteiger partial charge in [-0.3, -0.25) is 10.1 Å². The Morgan fingerprint density at radius 2 is 1.75 bits per heavy atom. The van der Waals surface area contributed by atoms with Gasteiger partial charge in [0.15, 0.2) is 0 Å². The van der Waals surface area contributed by atoms with Crippen molar-refractivity contribution in [1.82, 2.24) is 10.2 Å². The number of benzene rings is 1. The highest BCUT2D eigenvalue weighted by molar-refractivity contribution is 5.81. The summed E-state index contributed by atoms with van der Waals surface area (Å²) in [4.78, 5) is 14.1. The van der Waals surface area contributed by atoms with Gasteiger partial charge in [0.25, 0.3) is 0 Å². The number of hydrogen-bond donors (Lipinski definition) is 1. The van der Waals surface area contributed by atoms with E-state index in [2.05, 4.69) is 44.3 Å². The summed E-state index contributed by atoms with van der Waals surface area (Å²) in [5.41, 5.74) is 3.82. The zero-order valence-corrected chi connectivity index (χ0v) is 13.7. The number of nitrogens with zero attached hydrogens (tertiary/aromatic N) is 1. The van der Waals surface area contributed by atoms with E-state index in [0.29, 0.717) is 0 Å². The third kappa shape index (κ3) is 4.07. The first kappa shape index (κ1) is 16.7. The number of amides is 1. The molecule has 0 saturated carbocycles. The zero-order chi connectivity index (χ0) is 15.3. The molecule has 2 atom stereocenters. The van der Waals surface area contributed by atoms with E-state index in [4.69, 9.17) is 0 Å². The van der Waals surface area contributed by atoms with Crippen LogP contribution in [0, 0.1) is 13.8 Å². The zero-order valence-electron chi connectivity index (χ0n) is 13.7. The fourth-order valence-electron chi connectivity index (χ4n) is 2.39. The molecule has 0 heterocycles. The lowest BCUT2D eigenvalue weighted by Gasteiger charge is -2.26. The van der Waals surface area contributed by atoms with Crippen LogP contribution in [-0.4, -0.2) is 29.9 Å². The Labute approximate surface area is 123 Å². The maximum absolute atomic E-state index is 12.3. The van der Waals surface area contributed by atoms with E-state index < -0.39 is 0 Å². The molecular weight excluding hydrogens is 248 g/mol. The van der Waals surface area contributed by atoms with Gasteiger partial charge in [-0.2, -0.15) is 0 Å². The maximum atomic E-state index is 12.3. The molecule has 0 radical (unpaired) electrons. The highest BCUT2D eigenvalue weighted by Crippen LogP contribution is 2.17. The van der Waals surface area contributed by atoms with Crippen molar-refractivity contribution in [2.75, 3.05) is 13.1 Å². The van der Waals surface area contributed by atoms with Gasteiger partial charge in [0, 0.05) is 19.1 Å². The molecule has 112 valence electrons. The first-order valence-electron chi connectivity index (χ1n) is 7.52. The van der Waals surface area contributed by atoms with Crippen LogP contribution in [-0.2, 0) is 4.79 Å². The average molecular weight is 276 g/mol. The van der Waals surface area contributed by atoms with Crippen molar-refractivity contribution in [3.8, 4) is 0 Å². The molecule has 0 fully saturated rings. The standard InChI is InChI=1S/C17H28N2O/c1-7-19(8-2)17(20)15(6)18-14(5)16-10-9-12(3)13(4)11-16/h9-11,14-15,18H,7-8H2,1-6H3. The van der Waals surface area contributed by atoms with Gasteiger partial charge < -0.3 is 4.90 Å². The average Bonchev–Trinajstić information content (AvgIpc) is 2.42. The topological polar surface area (TPSA) is 32.3 Å². The minimum absolute atomic E-state index is 0.161. The number of likely N-dealkylation sites (N-methyl/N-ethyl adjacent to an activating group) is 1. The van der Waals surface area contributed by atoms with Crippen LogP contribution in [0.4, 0.5) is 0 Å². The van der Waals surface area contributed by atoms with Gasteiger partial charge in [0.2, 0.25) is 5.91 Å². The smallest absolute Gasteiger partial charge is 0.239 e. The Balaban J connectivity index is 2.71. The molecule has 1 N–H and O–H groups in total. The molecule has 2 unspecified atom stereocenters. The van der Waals surface area contributed by atoms with Crippen molar-refractivity contribution in [3.63, 3.8) is 0 Å². The number of rotatable bonds is 6. The van der Waals surface area contributed by atoms with Gasteiger partial charge in [-0.25, -0.2) is 0 Å². The summed E-state index contributed by atoms with van der Waals surface area (Å²) in [6.07, 6.45) is 0. The van der Waals surface area contributed by atoms with Gasteiger partial charge in [-0.15, -0.1) is 0 Å². The van der Waals surface area contributed by atoms with Crippen molar-refractivity contribution in [2.24, 2.45) is 0 Å². The molecule has 20 heavy (non-hydrogen) atoms. The molecule has 1 aromatic carbocycles. The van der Waals surface area contributed by atoms with E-state index in [-0.39, 0.29) is 18.0 Å². The Hall–Kier alpha value is -1.35. The minimum Gasteiger partial charge on any atom is -0.342 e. The molecule has 0 aliphatic heterocycles. The highest BCUT2D eigenvalue weighted by Gasteiger charge is 2.20. The maximum Gasteiger partial charge on any atom is 0.239 e. The van der Waals surface area contributed by atoms with Crippen LogP contribution in [0.3, 0.4) is 0 Å². The van der Waals surface area contributed by atoms with Crippen LogP contribution in [0.2, 0.25) is 0 Å². The normalized spacial score (nSPS) is 13.9. The van der Waals surface area contributed by atoms with Crippen molar-refractivity contribution in [3.05, 3.63) is 34.9 Å². The summed E-state index contributed by atoms with van der Waals surface area (Å²) < 4.78 is 0. The molecule has 1 amide bonds. The molecule has 0 aliphatic rings. The van der Waals surface area contributed by atoms with Crippen LogP contribution >= 0.6 is 0 Å². The molecule has 0 bridgehead atoms. The number of carbonyl (C=O) groups is 1. The lowest BCUT2D eigenvalue weighted by molar-refractivity contribution is -0.132. The van der Waals surface area contributed by atoms with Gasteiger partial charge >= 0.3 is 0 Å². The van der Waals surface area contributed by atoms with Crippen LogP contribution in [0.25, 0.3) is 0 Å². The summed E-state index contributed by atoms with van der Waals surface area (Å²) in [5.74, 6) is 0.172. The fraction of sp³-hybridized carbons (Fsp3) is 0.588. The molecular formula is C17H28N2O. The predicted octanol–water partition coefficient (Wildman–Crippen LogP) is 3.21. The van der Waals surface area contributed by atoms with E-state index in [9.17, 15) is 4.79 Å². The highest BCUT2D eigenvalue weighted by atomic mass is 16.2. The quantitative estimate of drug-likeness (QED) is 0.865. The van der Waals surface area contributed by atoms with Crippen LogP contribution in [0.1, 0.15) is 50.4 Å². The van der Waals surface area contributed by atoms with Crippen molar-refractivity contribution >= 4 is 5.91 Å². The summed E-state index contributed by atoms with van der Waals surface area (Å²) in [6.45, 7) is 13.8. The number of carbonyl (C=O) groups excluding carboxylic acids is 1. The largest absolute Gasteiger partial charge is 0.342 e. The molecule has 1 aromatic rings. The first-order valence-corrected chi connectivity index (χ1v) is 7.52.